The Morgan fingerprint density at radius 3 is 2.72 bits per heavy atom. The molecule has 158 valence electrons. The lowest BCUT2D eigenvalue weighted by Gasteiger charge is -2.31. The third-order valence-corrected chi connectivity index (χ3v) is 5.81. The van der Waals surface area contributed by atoms with Gasteiger partial charge in [0, 0.05) is 23.5 Å². The molecule has 1 saturated heterocycles. The molecule has 1 aromatic carbocycles. The van der Waals surface area contributed by atoms with E-state index in [1.165, 1.54) is 0 Å². The van der Waals surface area contributed by atoms with Crippen molar-refractivity contribution in [3.05, 3.63) is 36.1 Å². The van der Waals surface area contributed by atoms with Crippen LogP contribution in [0.1, 0.15) is 46.1 Å². The molecule has 2 aromatic rings. The van der Waals surface area contributed by atoms with Gasteiger partial charge in [-0.05, 0) is 44.7 Å². The summed E-state index contributed by atoms with van der Waals surface area (Å²) in [5, 5.41) is 7.19. The molecule has 0 bridgehead atoms. The number of nitrogens with zero attached hydrogens (tertiary/aromatic N) is 1. The van der Waals surface area contributed by atoms with E-state index in [-0.39, 0.29) is 29.8 Å². The molecule has 6 nitrogen and oxygen atoms in total. The van der Waals surface area contributed by atoms with Crippen LogP contribution in [0, 0.1) is 5.92 Å². The van der Waals surface area contributed by atoms with E-state index in [0.29, 0.717) is 6.54 Å². The Kier molecular flexibility index (Phi) is 6.96. The second kappa shape index (κ2) is 9.44. The first kappa shape index (κ1) is 21.4. The van der Waals surface area contributed by atoms with Gasteiger partial charge >= 0.3 is 0 Å². The summed E-state index contributed by atoms with van der Waals surface area (Å²) >= 11 is 0. The molecule has 29 heavy (non-hydrogen) atoms. The summed E-state index contributed by atoms with van der Waals surface area (Å²) in [7, 11) is 0. The predicted molar refractivity (Wildman–Crippen MR) is 115 cm³/mol. The van der Waals surface area contributed by atoms with Crippen molar-refractivity contribution in [2.45, 2.75) is 65.1 Å². The van der Waals surface area contributed by atoms with Crippen molar-refractivity contribution in [2.24, 2.45) is 5.92 Å². The summed E-state index contributed by atoms with van der Waals surface area (Å²) < 4.78 is 5.68. The molecule has 1 aliphatic heterocycles. The Morgan fingerprint density at radius 2 is 2.00 bits per heavy atom. The fourth-order valence-corrected chi connectivity index (χ4v) is 4.15. The quantitative estimate of drug-likeness (QED) is 0.715. The second-order valence-electron chi connectivity index (χ2n) is 8.30. The van der Waals surface area contributed by atoms with Crippen LogP contribution in [0.2, 0.25) is 0 Å². The lowest BCUT2D eigenvalue weighted by atomic mass is 9.99. The summed E-state index contributed by atoms with van der Waals surface area (Å²) in [5.41, 5.74) is 2.01. The minimum atomic E-state index is -0.509. The van der Waals surface area contributed by atoms with Crippen molar-refractivity contribution in [1.29, 1.82) is 0 Å². The van der Waals surface area contributed by atoms with Gasteiger partial charge < -0.3 is 20.0 Å². The van der Waals surface area contributed by atoms with Crippen molar-refractivity contribution >= 4 is 22.8 Å². The van der Waals surface area contributed by atoms with Gasteiger partial charge in [0.05, 0.1) is 12.3 Å². The zero-order chi connectivity index (χ0) is 21.0. The summed E-state index contributed by atoms with van der Waals surface area (Å²) in [5.74, 6) is -0.0842. The first-order valence-corrected chi connectivity index (χ1v) is 10.7. The Morgan fingerprint density at radius 1 is 1.24 bits per heavy atom. The summed E-state index contributed by atoms with van der Waals surface area (Å²) in [6.07, 6.45) is 4.54. The number of hydrogen-bond donors (Lipinski definition) is 2. The van der Waals surface area contributed by atoms with Gasteiger partial charge in [-0.1, -0.05) is 39.0 Å². The number of rotatable bonds is 8. The van der Waals surface area contributed by atoms with Gasteiger partial charge in [-0.2, -0.15) is 0 Å². The van der Waals surface area contributed by atoms with E-state index in [2.05, 4.69) is 16.7 Å². The number of hydrogen-bond acceptors (Lipinski definition) is 4. The van der Waals surface area contributed by atoms with Gasteiger partial charge in [0.2, 0.25) is 11.8 Å². The largest absolute Gasteiger partial charge is 0.464 e. The zero-order valence-corrected chi connectivity index (χ0v) is 17.9. The lowest BCUT2D eigenvalue weighted by molar-refractivity contribution is -0.138. The molecule has 0 aliphatic carbocycles. The molecule has 0 unspecified atom stereocenters. The topological polar surface area (TPSA) is 74.6 Å². The number of carbonyl (C=O) groups is 2. The molecule has 2 N–H and O–H groups in total. The maximum Gasteiger partial charge on any atom is 0.245 e. The second-order valence-corrected chi connectivity index (χ2v) is 8.30. The summed E-state index contributed by atoms with van der Waals surface area (Å²) in [6.45, 7) is 9.19. The van der Waals surface area contributed by atoms with E-state index in [4.69, 9.17) is 4.42 Å². The number of likely N-dealkylation sites (tertiary alicyclic amines) is 1. The maximum atomic E-state index is 13.4. The first-order valence-electron chi connectivity index (χ1n) is 10.7. The number of benzene rings is 1. The van der Waals surface area contributed by atoms with Gasteiger partial charge in [-0.3, -0.25) is 9.59 Å². The number of furan rings is 1. The molecule has 2 amide bonds. The van der Waals surface area contributed by atoms with Crippen LogP contribution in [0.5, 0.6) is 0 Å². The van der Waals surface area contributed by atoms with Crippen molar-refractivity contribution < 1.29 is 14.0 Å². The third-order valence-electron chi connectivity index (χ3n) is 5.81. The molecular formula is C23H33N3O3. The Hall–Kier alpha value is -2.34. The average molecular weight is 400 g/mol. The fourth-order valence-electron chi connectivity index (χ4n) is 4.15. The minimum Gasteiger partial charge on any atom is -0.464 e. The van der Waals surface area contributed by atoms with E-state index in [1.54, 1.807) is 0 Å². The van der Waals surface area contributed by atoms with Crippen molar-refractivity contribution in [2.75, 3.05) is 13.1 Å². The molecule has 3 rings (SSSR count). The van der Waals surface area contributed by atoms with E-state index in [0.717, 1.165) is 42.3 Å². The van der Waals surface area contributed by atoms with E-state index in [1.807, 2.05) is 57.1 Å². The molecule has 6 heteroatoms. The van der Waals surface area contributed by atoms with Crippen LogP contribution in [0.25, 0.3) is 11.0 Å². The summed E-state index contributed by atoms with van der Waals surface area (Å²) in [6, 6.07) is 7.31. The molecule has 0 saturated carbocycles. The van der Waals surface area contributed by atoms with Gasteiger partial charge in [-0.15, -0.1) is 0 Å². The monoisotopic (exact) mass is 399 g/mol. The van der Waals surface area contributed by atoms with E-state index < -0.39 is 6.04 Å². The van der Waals surface area contributed by atoms with Crippen LogP contribution in [-0.2, 0) is 16.0 Å². The maximum absolute atomic E-state index is 13.4. The molecule has 0 radical (unpaired) electrons. The molecular weight excluding hydrogens is 366 g/mol. The minimum absolute atomic E-state index is 0.0207. The third kappa shape index (κ3) is 4.81. The highest BCUT2D eigenvalue weighted by Gasteiger charge is 2.36. The van der Waals surface area contributed by atoms with Gasteiger partial charge in [0.25, 0.3) is 0 Å². The highest BCUT2D eigenvalue weighted by molar-refractivity contribution is 5.90. The Balaban J connectivity index is 1.72. The standard InChI is InChI=1S/C23H33N3O3/c1-5-24-16(4)22(27)25-21(15(2)3)23(28)26-12-8-9-18(26)13-17-14-29-20-11-7-6-10-19(17)20/h6-7,10-11,14-16,18,21,24H,5,8-9,12-13H2,1-4H3,(H,25,27)/t16-,18-,21-/m0/s1. The molecule has 0 spiro atoms. The molecule has 3 atom stereocenters. The van der Waals surface area contributed by atoms with Gasteiger partial charge in [0.1, 0.15) is 11.6 Å². The number of para-hydroxylation sites is 1. The lowest BCUT2D eigenvalue weighted by Crippen LogP contribution is -2.55. The zero-order valence-electron chi connectivity index (χ0n) is 17.9. The number of fused-ring (bicyclic) bond motifs is 1. The Labute approximate surface area is 173 Å². The highest BCUT2D eigenvalue weighted by atomic mass is 16.3. The van der Waals surface area contributed by atoms with E-state index in [9.17, 15) is 9.59 Å². The van der Waals surface area contributed by atoms with E-state index >= 15 is 0 Å². The van der Waals surface area contributed by atoms with Gasteiger partial charge in [0.15, 0.2) is 0 Å². The molecule has 1 aromatic heterocycles. The molecule has 1 aliphatic rings. The van der Waals surface area contributed by atoms with Crippen molar-refractivity contribution in [3.63, 3.8) is 0 Å². The van der Waals surface area contributed by atoms with Crippen molar-refractivity contribution in [1.82, 2.24) is 15.5 Å². The predicted octanol–water partition coefficient (Wildman–Crippen LogP) is 3.11. The number of likely N-dealkylation sites (N-methyl/N-ethyl adjacent to an activating group) is 1. The Bertz CT molecular complexity index is 845. The normalized spacial score (nSPS) is 18.9. The van der Waals surface area contributed by atoms with Crippen LogP contribution in [0.4, 0.5) is 0 Å². The van der Waals surface area contributed by atoms with Crippen LogP contribution in [-0.4, -0.2) is 47.9 Å². The van der Waals surface area contributed by atoms with Crippen LogP contribution in [0.15, 0.2) is 34.9 Å². The van der Waals surface area contributed by atoms with Crippen LogP contribution >= 0.6 is 0 Å². The fraction of sp³-hybridized carbons (Fsp3) is 0.565. The number of carbonyl (C=O) groups excluding carboxylic acids is 2. The molecule has 2 heterocycles. The first-order chi connectivity index (χ1) is 13.9. The smallest absolute Gasteiger partial charge is 0.245 e. The average Bonchev–Trinajstić information content (AvgIpc) is 3.33. The summed E-state index contributed by atoms with van der Waals surface area (Å²) in [4.78, 5) is 27.8. The highest BCUT2D eigenvalue weighted by Crippen LogP contribution is 2.28. The van der Waals surface area contributed by atoms with Crippen LogP contribution in [0.3, 0.4) is 0 Å². The van der Waals surface area contributed by atoms with Crippen molar-refractivity contribution in [3.8, 4) is 0 Å². The van der Waals surface area contributed by atoms with Gasteiger partial charge in [-0.25, -0.2) is 0 Å². The molecule has 1 fully saturated rings. The number of amides is 2. The SMILES string of the molecule is CCN[C@@H](C)C(=O)N[C@H](C(=O)N1CCC[C@H]1Cc1coc2ccccc12)C(C)C. The van der Waals surface area contributed by atoms with Crippen LogP contribution < -0.4 is 10.6 Å². The number of nitrogens with one attached hydrogen (secondary N) is 2.